The van der Waals surface area contributed by atoms with Crippen LogP contribution in [0.5, 0.6) is 5.75 Å². The summed E-state index contributed by atoms with van der Waals surface area (Å²) in [5.41, 5.74) is 2.50. The Hall–Kier alpha value is -0.770. The van der Waals surface area contributed by atoms with E-state index in [4.69, 9.17) is 21.1 Å². The van der Waals surface area contributed by atoms with Gasteiger partial charge >= 0.3 is 0 Å². The van der Waals surface area contributed by atoms with Gasteiger partial charge < -0.3 is 14.8 Å². The average molecular weight is 310 g/mol. The summed E-state index contributed by atoms with van der Waals surface area (Å²) < 4.78 is 11.5. The second kappa shape index (κ2) is 6.99. The van der Waals surface area contributed by atoms with Gasteiger partial charge in [0.15, 0.2) is 0 Å². The summed E-state index contributed by atoms with van der Waals surface area (Å²) in [7, 11) is 0. The van der Waals surface area contributed by atoms with Gasteiger partial charge in [0.1, 0.15) is 5.75 Å². The Balaban J connectivity index is 1.75. The second-order valence-electron chi connectivity index (χ2n) is 6.04. The van der Waals surface area contributed by atoms with Crippen molar-refractivity contribution in [1.82, 2.24) is 5.32 Å². The highest BCUT2D eigenvalue weighted by Crippen LogP contribution is 2.35. The van der Waals surface area contributed by atoms with Crippen molar-refractivity contribution in [2.24, 2.45) is 5.92 Å². The monoisotopic (exact) mass is 309 g/mol. The molecule has 0 amide bonds. The molecule has 1 aromatic carbocycles. The molecule has 0 radical (unpaired) electrons. The summed E-state index contributed by atoms with van der Waals surface area (Å²) in [6.07, 6.45) is 4.21. The summed E-state index contributed by atoms with van der Waals surface area (Å²) in [6, 6.07) is 4.64. The number of hydrogen-bond donors (Lipinski definition) is 1. The normalized spacial score (nSPS) is 24.7. The van der Waals surface area contributed by atoms with Gasteiger partial charge in [-0.05, 0) is 49.1 Å². The Bertz CT molecular complexity index is 492. The minimum absolute atomic E-state index is 0.497. The van der Waals surface area contributed by atoms with E-state index in [0.717, 1.165) is 56.4 Å². The number of rotatable bonds is 5. The largest absolute Gasteiger partial charge is 0.493 e. The molecule has 0 saturated carbocycles. The van der Waals surface area contributed by atoms with E-state index in [0.29, 0.717) is 12.0 Å². The molecule has 116 valence electrons. The van der Waals surface area contributed by atoms with Gasteiger partial charge in [-0.1, -0.05) is 18.5 Å². The fourth-order valence-electron chi connectivity index (χ4n) is 3.38. The maximum Gasteiger partial charge on any atom is 0.125 e. The summed E-state index contributed by atoms with van der Waals surface area (Å²) in [6.45, 7) is 5.75. The number of benzene rings is 1. The number of ether oxygens (including phenoxy) is 2. The van der Waals surface area contributed by atoms with Crippen LogP contribution in [0, 0.1) is 5.92 Å². The Morgan fingerprint density at radius 3 is 3.10 bits per heavy atom. The van der Waals surface area contributed by atoms with Crippen LogP contribution in [0.4, 0.5) is 0 Å². The number of halogens is 1. The van der Waals surface area contributed by atoms with Crippen molar-refractivity contribution in [3.8, 4) is 5.75 Å². The van der Waals surface area contributed by atoms with Gasteiger partial charge in [0, 0.05) is 30.0 Å². The zero-order valence-electron chi connectivity index (χ0n) is 12.7. The van der Waals surface area contributed by atoms with E-state index in [1.165, 1.54) is 17.5 Å². The number of fused-ring (bicyclic) bond motifs is 1. The van der Waals surface area contributed by atoms with Crippen molar-refractivity contribution in [2.45, 2.75) is 38.6 Å². The highest BCUT2D eigenvalue weighted by molar-refractivity contribution is 6.30. The van der Waals surface area contributed by atoms with Crippen molar-refractivity contribution in [2.75, 3.05) is 26.4 Å². The molecule has 21 heavy (non-hydrogen) atoms. The predicted octanol–water partition coefficient (Wildman–Crippen LogP) is 3.22. The van der Waals surface area contributed by atoms with Crippen LogP contribution in [-0.2, 0) is 17.6 Å². The van der Waals surface area contributed by atoms with E-state index >= 15 is 0 Å². The lowest BCUT2D eigenvalue weighted by atomic mass is 9.88. The molecule has 0 aliphatic carbocycles. The van der Waals surface area contributed by atoms with Gasteiger partial charge in [0.2, 0.25) is 0 Å². The Morgan fingerprint density at radius 2 is 2.24 bits per heavy atom. The van der Waals surface area contributed by atoms with E-state index < -0.39 is 0 Å². The molecule has 2 unspecified atom stereocenters. The standard InChI is InChI=1S/C17H24ClNO2/c1-2-5-19-16-4-6-20-11-14(16)8-13-10-15(18)9-12-3-7-21-17(12)13/h9-10,14,16,19H,2-8,11H2,1H3. The maximum absolute atomic E-state index is 6.26. The lowest BCUT2D eigenvalue weighted by Gasteiger charge is -2.32. The molecule has 1 aromatic rings. The van der Waals surface area contributed by atoms with Gasteiger partial charge in [-0.2, -0.15) is 0 Å². The Labute approximate surface area is 132 Å². The quantitative estimate of drug-likeness (QED) is 0.906. The maximum atomic E-state index is 6.26. The molecule has 2 atom stereocenters. The molecular weight excluding hydrogens is 286 g/mol. The first kappa shape index (κ1) is 15.1. The first-order valence-electron chi connectivity index (χ1n) is 8.03. The molecule has 1 fully saturated rings. The fourth-order valence-corrected chi connectivity index (χ4v) is 3.64. The summed E-state index contributed by atoms with van der Waals surface area (Å²) in [4.78, 5) is 0. The fraction of sp³-hybridized carbons (Fsp3) is 0.647. The molecule has 0 aromatic heterocycles. The van der Waals surface area contributed by atoms with Gasteiger partial charge in [-0.15, -0.1) is 0 Å². The molecule has 1 N–H and O–H groups in total. The SMILES string of the molecule is CCCNC1CCOCC1Cc1cc(Cl)cc2c1OCC2. The van der Waals surface area contributed by atoms with Crippen LogP contribution in [0.25, 0.3) is 0 Å². The average Bonchev–Trinajstić information content (AvgIpc) is 2.94. The van der Waals surface area contributed by atoms with Crippen LogP contribution in [0.15, 0.2) is 12.1 Å². The molecule has 2 aliphatic rings. The first-order chi connectivity index (χ1) is 10.3. The third-order valence-electron chi connectivity index (χ3n) is 4.44. The van der Waals surface area contributed by atoms with Crippen LogP contribution in [0.3, 0.4) is 0 Å². The zero-order chi connectivity index (χ0) is 14.7. The third kappa shape index (κ3) is 3.53. The third-order valence-corrected chi connectivity index (χ3v) is 4.66. The van der Waals surface area contributed by atoms with E-state index in [1.54, 1.807) is 0 Å². The predicted molar refractivity (Wildman–Crippen MR) is 85.4 cm³/mol. The molecule has 0 spiro atoms. The molecule has 4 heteroatoms. The first-order valence-corrected chi connectivity index (χ1v) is 8.41. The second-order valence-corrected chi connectivity index (χ2v) is 6.48. The molecule has 3 rings (SSSR count). The highest BCUT2D eigenvalue weighted by atomic mass is 35.5. The van der Waals surface area contributed by atoms with Gasteiger partial charge in [-0.25, -0.2) is 0 Å². The van der Waals surface area contributed by atoms with E-state index in [9.17, 15) is 0 Å². The Morgan fingerprint density at radius 1 is 1.33 bits per heavy atom. The lowest BCUT2D eigenvalue weighted by Crippen LogP contribution is -2.44. The number of nitrogens with one attached hydrogen (secondary N) is 1. The molecule has 2 aliphatic heterocycles. The molecule has 1 saturated heterocycles. The van der Waals surface area contributed by atoms with Crippen molar-refractivity contribution in [1.29, 1.82) is 0 Å². The van der Waals surface area contributed by atoms with Crippen LogP contribution < -0.4 is 10.1 Å². The van der Waals surface area contributed by atoms with Crippen molar-refractivity contribution in [3.63, 3.8) is 0 Å². The van der Waals surface area contributed by atoms with E-state index in [1.807, 2.05) is 6.07 Å². The highest BCUT2D eigenvalue weighted by Gasteiger charge is 2.28. The minimum atomic E-state index is 0.497. The lowest BCUT2D eigenvalue weighted by molar-refractivity contribution is 0.0321. The van der Waals surface area contributed by atoms with E-state index in [-0.39, 0.29) is 0 Å². The van der Waals surface area contributed by atoms with Crippen LogP contribution in [0.1, 0.15) is 30.9 Å². The van der Waals surface area contributed by atoms with Crippen LogP contribution >= 0.6 is 11.6 Å². The summed E-state index contributed by atoms with van der Waals surface area (Å²) in [5, 5.41) is 4.49. The summed E-state index contributed by atoms with van der Waals surface area (Å²) in [5.74, 6) is 1.57. The van der Waals surface area contributed by atoms with Crippen LogP contribution in [-0.4, -0.2) is 32.4 Å². The topological polar surface area (TPSA) is 30.5 Å². The van der Waals surface area contributed by atoms with Gasteiger partial charge in [-0.3, -0.25) is 0 Å². The van der Waals surface area contributed by atoms with Crippen molar-refractivity contribution >= 4 is 11.6 Å². The Kier molecular flexibility index (Phi) is 5.04. The zero-order valence-corrected chi connectivity index (χ0v) is 13.4. The van der Waals surface area contributed by atoms with Crippen molar-refractivity contribution in [3.05, 3.63) is 28.3 Å². The van der Waals surface area contributed by atoms with E-state index in [2.05, 4.69) is 18.3 Å². The summed E-state index contributed by atoms with van der Waals surface area (Å²) >= 11 is 6.26. The molecule has 2 heterocycles. The van der Waals surface area contributed by atoms with Crippen molar-refractivity contribution < 1.29 is 9.47 Å². The molecular formula is C17H24ClNO2. The van der Waals surface area contributed by atoms with Gasteiger partial charge in [0.25, 0.3) is 0 Å². The molecule has 0 bridgehead atoms. The van der Waals surface area contributed by atoms with Crippen LogP contribution in [0.2, 0.25) is 5.02 Å². The number of hydrogen-bond acceptors (Lipinski definition) is 3. The minimum Gasteiger partial charge on any atom is -0.493 e. The van der Waals surface area contributed by atoms with Gasteiger partial charge in [0.05, 0.1) is 13.2 Å². The molecule has 3 nitrogen and oxygen atoms in total. The smallest absolute Gasteiger partial charge is 0.125 e.